The van der Waals surface area contributed by atoms with E-state index < -0.39 is 11.9 Å². The van der Waals surface area contributed by atoms with Crippen LogP contribution in [0.5, 0.6) is 11.5 Å². The molecule has 0 aliphatic rings. The first-order valence-corrected chi connectivity index (χ1v) is 8.74. The van der Waals surface area contributed by atoms with E-state index in [2.05, 4.69) is 15.0 Å². The van der Waals surface area contributed by atoms with Crippen LogP contribution < -0.4 is 14.8 Å². The summed E-state index contributed by atoms with van der Waals surface area (Å²) in [4.78, 5) is 28.0. The molecule has 7 heteroatoms. The highest BCUT2D eigenvalue weighted by molar-refractivity contribution is 6.03. The number of nitrogens with one attached hydrogen (secondary N) is 1. The standard InChI is InChI=1S/C22H20N2O5/c1-27-17-8-4-14(5-9-17)18-12-16(7-11-20(18)28-2)24-21(25)19-10-6-15(13-23-19)22(26)29-3/h4-13H,1-3H3,(H,24,25). The molecule has 0 aliphatic carbocycles. The van der Waals surface area contributed by atoms with Gasteiger partial charge in [-0.05, 0) is 48.0 Å². The van der Waals surface area contributed by atoms with Gasteiger partial charge in [0.2, 0.25) is 0 Å². The lowest BCUT2D eigenvalue weighted by Crippen LogP contribution is -2.14. The minimum atomic E-state index is -0.510. The number of carbonyl (C=O) groups excluding carboxylic acids is 2. The predicted octanol–water partition coefficient (Wildman–Crippen LogP) is 3.80. The lowest BCUT2D eigenvalue weighted by molar-refractivity contribution is 0.0600. The molecule has 0 fully saturated rings. The van der Waals surface area contributed by atoms with E-state index in [1.165, 1.54) is 25.4 Å². The summed E-state index contributed by atoms with van der Waals surface area (Å²) in [6.07, 6.45) is 1.30. The summed E-state index contributed by atoms with van der Waals surface area (Å²) in [5.41, 5.74) is 2.77. The van der Waals surface area contributed by atoms with Gasteiger partial charge in [-0.25, -0.2) is 4.79 Å². The number of benzene rings is 2. The second-order valence-electron chi connectivity index (χ2n) is 6.02. The van der Waals surface area contributed by atoms with Gasteiger partial charge in [-0.1, -0.05) is 12.1 Å². The summed E-state index contributed by atoms with van der Waals surface area (Å²) in [5, 5.41) is 2.81. The summed E-state index contributed by atoms with van der Waals surface area (Å²) in [7, 11) is 4.48. The number of esters is 1. The minimum absolute atomic E-state index is 0.180. The number of methoxy groups -OCH3 is 3. The highest BCUT2D eigenvalue weighted by atomic mass is 16.5. The average Bonchev–Trinajstić information content (AvgIpc) is 2.78. The van der Waals surface area contributed by atoms with Crippen LogP contribution in [0.2, 0.25) is 0 Å². The molecule has 0 aliphatic heterocycles. The van der Waals surface area contributed by atoms with Crippen molar-refractivity contribution in [1.29, 1.82) is 0 Å². The molecule has 0 bridgehead atoms. The predicted molar refractivity (Wildman–Crippen MR) is 109 cm³/mol. The van der Waals surface area contributed by atoms with Crippen molar-refractivity contribution < 1.29 is 23.8 Å². The third-order valence-electron chi connectivity index (χ3n) is 4.28. The Morgan fingerprint density at radius 2 is 1.66 bits per heavy atom. The topological polar surface area (TPSA) is 86.8 Å². The summed E-state index contributed by atoms with van der Waals surface area (Å²) in [6.45, 7) is 0. The first kappa shape index (κ1) is 19.9. The van der Waals surface area contributed by atoms with Gasteiger partial charge in [0, 0.05) is 17.4 Å². The molecule has 29 heavy (non-hydrogen) atoms. The Kier molecular flexibility index (Phi) is 6.09. The number of nitrogens with zero attached hydrogens (tertiary/aromatic N) is 1. The third-order valence-corrected chi connectivity index (χ3v) is 4.28. The van der Waals surface area contributed by atoms with Crippen molar-refractivity contribution in [3.63, 3.8) is 0 Å². The molecule has 0 spiro atoms. The molecule has 0 radical (unpaired) electrons. The quantitative estimate of drug-likeness (QED) is 0.642. The van der Waals surface area contributed by atoms with Crippen LogP contribution in [-0.4, -0.2) is 38.2 Å². The zero-order valence-corrected chi connectivity index (χ0v) is 16.3. The van der Waals surface area contributed by atoms with Crippen molar-refractivity contribution in [3.8, 4) is 22.6 Å². The minimum Gasteiger partial charge on any atom is -0.497 e. The first-order valence-electron chi connectivity index (χ1n) is 8.74. The van der Waals surface area contributed by atoms with Crippen molar-refractivity contribution in [2.75, 3.05) is 26.6 Å². The summed E-state index contributed by atoms with van der Waals surface area (Å²) in [6, 6.07) is 15.8. The van der Waals surface area contributed by atoms with E-state index in [1.807, 2.05) is 30.3 Å². The molecule has 0 saturated heterocycles. The molecule has 1 heterocycles. The van der Waals surface area contributed by atoms with Gasteiger partial charge in [-0.15, -0.1) is 0 Å². The van der Waals surface area contributed by atoms with Crippen LogP contribution in [0.4, 0.5) is 5.69 Å². The van der Waals surface area contributed by atoms with Crippen molar-refractivity contribution in [1.82, 2.24) is 4.98 Å². The normalized spacial score (nSPS) is 10.2. The number of pyridine rings is 1. The Balaban J connectivity index is 1.83. The maximum absolute atomic E-state index is 12.5. The lowest BCUT2D eigenvalue weighted by atomic mass is 10.0. The molecule has 1 aromatic heterocycles. The van der Waals surface area contributed by atoms with Crippen LogP contribution in [0.3, 0.4) is 0 Å². The number of rotatable bonds is 6. The molecule has 0 atom stereocenters. The molecule has 3 rings (SSSR count). The van der Waals surface area contributed by atoms with Crippen LogP contribution in [-0.2, 0) is 4.74 Å². The fraction of sp³-hybridized carbons (Fsp3) is 0.136. The van der Waals surface area contributed by atoms with Crippen molar-refractivity contribution in [2.45, 2.75) is 0 Å². The maximum Gasteiger partial charge on any atom is 0.339 e. The fourth-order valence-corrected chi connectivity index (χ4v) is 2.74. The van der Waals surface area contributed by atoms with E-state index in [9.17, 15) is 9.59 Å². The molecular formula is C22H20N2O5. The van der Waals surface area contributed by atoms with E-state index in [0.29, 0.717) is 11.4 Å². The van der Waals surface area contributed by atoms with Crippen LogP contribution in [0.25, 0.3) is 11.1 Å². The molecule has 7 nitrogen and oxygen atoms in total. The van der Waals surface area contributed by atoms with Crippen molar-refractivity contribution >= 4 is 17.6 Å². The Labute approximate surface area is 168 Å². The number of amides is 1. The van der Waals surface area contributed by atoms with E-state index >= 15 is 0 Å². The van der Waals surface area contributed by atoms with Gasteiger partial charge in [0.1, 0.15) is 17.2 Å². The van der Waals surface area contributed by atoms with Gasteiger partial charge in [0.15, 0.2) is 0 Å². The van der Waals surface area contributed by atoms with Gasteiger partial charge in [0.05, 0.1) is 26.9 Å². The Bertz CT molecular complexity index is 1010. The van der Waals surface area contributed by atoms with Gasteiger partial charge in [0.25, 0.3) is 5.91 Å². The largest absolute Gasteiger partial charge is 0.497 e. The van der Waals surface area contributed by atoms with E-state index in [-0.39, 0.29) is 11.3 Å². The maximum atomic E-state index is 12.5. The second kappa shape index (κ2) is 8.88. The number of hydrogen-bond acceptors (Lipinski definition) is 6. The molecule has 0 unspecified atom stereocenters. The summed E-state index contributed by atoms with van der Waals surface area (Å²) >= 11 is 0. The van der Waals surface area contributed by atoms with Gasteiger partial charge in [-0.2, -0.15) is 0 Å². The Morgan fingerprint density at radius 3 is 2.24 bits per heavy atom. The molecule has 1 N–H and O–H groups in total. The SMILES string of the molecule is COC(=O)c1ccc(C(=O)Nc2ccc(OC)c(-c3ccc(OC)cc3)c2)nc1. The molecule has 148 valence electrons. The molecule has 3 aromatic rings. The van der Waals surface area contributed by atoms with Crippen LogP contribution in [0.1, 0.15) is 20.8 Å². The summed E-state index contributed by atoms with van der Waals surface area (Å²) in [5.74, 6) is 0.517. The van der Waals surface area contributed by atoms with Crippen LogP contribution in [0, 0.1) is 0 Å². The molecule has 0 saturated carbocycles. The monoisotopic (exact) mass is 392 g/mol. The third kappa shape index (κ3) is 4.52. The van der Waals surface area contributed by atoms with Crippen LogP contribution in [0.15, 0.2) is 60.8 Å². The first-order chi connectivity index (χ1) is 14.0. The average molecular weight is 392 g/mol. The number of hydrogen-bond donors (Lipinski definition) is 1. The second-order valence-corrected chi connectivity index (χ2v) is 6.02. The highest BCUT2D eigenvalue weighted by Gasteiger charge is 2.13. The van der Waals surface area contributed by atoms with E-state index in [0.717, 1.165) is 16.9 Å². The Morgan fingerprint density at radius 1 is 0.897 bits per heavy atom. The van der Waals surface area contributed by atoms with Crippen LogP contribution >= 0.6 is 0 Å². The number of anilines is 1. The number of carbonyl (C=O) groups is 2. The van der Waals surface area contributed by atoms with Gasteiger partial charge >= 0.3 is 5.97 Å². The zero-order valence-electron chi connectivity index (χ0n) is 16.3. The molecule has 1 amide bonds. The van der Waals surface area contributed by atoms with Crippen molar-refractivity contribution in [3.05, 3.63) is 72.1 Å². The Hall–Kier alpha value is -3.87. The molecular weight excluding hydrogens is 372 g/mol. The van der Waals surface area contributed by atoms with E-state index in [4.69, 9.17) is 9.47 Å². The smallest absolute Gasteiger partial charge is 0.339 e. The molecule has 2 aromatic carbocycles. The number of aromatic nitrogens is 1. The van der Waals surface area contributed by atoms with Gasteiger partial charge in [-0.3, -0.25) is 9.78 Å². The highest BCUT2D eigenvalue weighted by Crippen LogP contribution is 2.33. The number of ether oxygens (including phenoxy) is 3. The lowest BCUT2D eigenvalue weighted by Gasteiger charge is -2.12. The van der Waals surface area contributed by atoms with E-state index in [1.54, 1.807) is 26.4 Å². The summed E-state index contributed by atoms with van der Waals surface area (Å²) < 4.78 is 15.3. The van der Waals surface area contributed by atoms with Crippen molar-refractivity contribution in [2.24, 2.45) is 0 Å². The van der Waals surface area contributed by atoms with Gasteiger partial charge < -0.3 is 19.5 Å². The fourth-order valence-electron chi connectivity index (χ4n) is 2.74. The zero-order chi connectivity index (χ0) is 20.8.